The van der Waals surface area contributed by atoms with Gasteiger partial charge in [-0.2, -0.15) is 0 Å². The molecule has 0 atom stereocenters. The molecule has 0 unspecified atom stereocenters. The summed E-state index contributed by atoms with van der Waals surface area (Å²) in [5, 5.41) is 2.53. The van der Waals surface area contributed by atoms with Crippen molar-refractivity contribution in [3.05, 3.63) is 35.4 Å². The Bertz CT molecular complexity index is 478. The van der Waals surface area contributed by atoms with Gasteiger partial charge in [-0.05, 0) is 24.6 Å². The first-order valence-electron chi connectivity index (χ1n) is 5.09. The van der Waals surface area contributed by atoms with Crippen LogP contribution in [0.25, 0.3) is 6.08 Å². The van der Waals surface area contributed by atoms with Crippen LogP contribution in [0, 0.1) is 0 Å². The summed E-state index contributed by atoms with van der Waals surface area (Å²) < 4.78 is 0. The van der Waals surface area contributed by atoms with Gasteiger partial charge in [0, 0.05) is 0 Å². The van der Waals surface area contributed by atoms with Crippen LogP contribution in [0.5, 0.6) is 0 Å². The summed E-state index contributed by atoms with van der Waals surface area (Å²) in [5.74, 6) is -1.03. The van der Waals surface area contributed by atoms with Gasteiger partial charge in [0.05, 0.1) is 11.3 Å². The molecule has 3 N–H and O–H groups in total. The van der Waals surface area contributed by atoms with Crippen LogP contribution in [-0.4, -0.2) is 18.2 Å². The number of fused-ring (bicyclic) bond motifs is 1. The molecule has 82 valence electrons. The fourth-order valence-electron chi connectivity index (χ4n) is 1.67. The van der Waals surface area contributed by atoms with E-state index in [1.165, 1.54) is 0 Å². The highest BCUT2D eigenvalue weighted by Crippen LogP contribution is 2.27. The van der Waals surface area contributed by atoms with Gasteiger partial charge >= 0.3 is 0 Å². The van der Waals surface area contributed by atoms with E-state index in [0.717, 1.165) is 12.0 Å². The van der Waals surface area contributed by atoms with Crippen LogP contribution in [0.2, 0.25) is 0 Å². The normalized spacial score (nSPS) is 14.3. The van der Waals surface area contributed by atoms with Gasteiger partial charge < -0.3 is 11.1 Å². The molecule has 0 spiro atoms. The van der Waals surface area contributed by atoms with Gasteiger partial charge in [-0.3, -0.25) is 9.59 Å². The summed E-state index contributed by atoms with van der Waals surface area (Å²) in [6, 6.07) is 5.34. The second-order valence-corrected chi connectivity index (χ2v) is 3.53. The summed E-state index contributed by atoms with van der Waals surface area (Å²) in [6.07, 6.45) is 4.47. The van der Waals surface area contributed by atoms with Crippen molar-refractivity contribution in [3.63, 3.8) is 0 Å². The fourth-order valence-corrected chi connectivity index (χ4v) is 1.67. The highest BCUT2D eigenvalue weighted by atomic mass is 16.2. The zero-order valence-corrected chi connectivity index (χ0v) is 8.69. The van der Waals surface area contributed by atoms with Crippen molar-refractivity contribution in [2.45, 2.75) is 6.42 Å². The van der Waals surface area contributed by atoms with E-state index >= 15 is 0 Å². The number of hydrogen-bond acceptors (Lipinski definition) is 3. The number of carbonyl (C=O) groups excluding carboxylic acids is 2. The van der Waals surface area contributed by atoms with Crippen LogP contribution in [0.1, 0.15) is 22.3 Å². The monoisotopic (exact) mass is 216 g/mol. The minimum absolute atomic E-state index is 0.459. The van der Waals surface area contributed by atoms with Gasteiger partial charge in [-0.1, -0.05) is 24.3 Å². The summed E-state index contributed by atoms with van der Waals surface area (Å²) >= 11 is 0. The Morgan fingerprint density at radius 3 is 2.88 bits per heavy atom. The van der Waals surface area contributed by atoms with E-state index in [4.69, 9.17) is 5.73 Å². The van der Waals surface area contributed by atoms with Gasteiger partial charge in [0.1, 0.15) is 0 Å². The molecule has 4 heteroatoms. The van der Waals surface area contributed by atoms with Crippen LogP contribution in [0.3, 0.4) is 0 Å². The highest BCUT2D eigenvalue weighted by molar-refractivity contribution is 6.52. The molecule has 0 saturated heterocycles. The first-order chi connectivity index (χ1) is 7.74. The third-order valence-electron chi connectivity index (χ3n) is 2.41. The quantitative estimate of drug-likeness (QED) is 0.745. The summed E-state index contributed by atoms with van der Waals surface area (Å²) in [7, 11) is 0. The molecule has 0 saturated carbocycles. The average molecular weight is 216 g/mol. The van der Waals surface area contributed by atoms with Crippen molar-refractivity contribution in [2.24, 2.45) is 5.73 Å². The Kier molecular flexibility index (Phi) is 2.83. The van der Waals surface area contributed by atoms with E-state index < -0.39 is 11.7 Å². The molecule has 1 amide bonds. The Labute approximate surface area is 93.1 Å². The average Bonchev–Trinajstić information content (AvgIpc) is 2.56. The van der Waals surface area contributed by atoms with Gasteiger partial charge in [-0.15, -0.1) is 0 Å². The molecule has 1 aliphatic heterocycles. The summed E-state index contributed by atoms with van der Waals surface area (Å²) in [5.41, 5.74) is 7.18. The molecule has 1 aliphatic rings. The lowest BCUT2D eigenvalue weighted by molar-refractivity contribution is -0.112. The zero-order valence-electron chi connectivity index (χ0n) is 8.69. The molecule has 0 radical (unpaired) electrons. The molecular formula is C12H12N2O2. The van der Waals surface area contributed by atoms with Gasteiger partial charge in [-0.25, -0.2) is 0 Å². The van der Waals surface area contributed by atoms with E-state index in [2.05, 4.69) is 5.32 Å². The number of nitrogens with one attached hydrogen (secondary N) is 1. The van der Waals surface area contributed by atoms with E-state index in [0.29, 0.717) is 17.8 Å². The largest absolute Gasteiger partial charge is 0.330 e. The maximum Gasteiger partial charge on any atom is 0.296 e. The van der Waals surface area contributed by atoms with Crippen molar-refractivity contribution in [3.8, 4) is 0 Å². The number of hydrogen-bond donors (Lipinski definition) is 2. The SMILES string of the molecule is NCCC=Cc1cccc2c1C(=O)C(=O)N2. The molecule has 0 bridgehead atoms. The van der Waals surface area contributed by atoms with E-state index in [1.807, 2.05) is 18.2 Å². The molecule has 1 heterocycles. The number of rotatable bonds is 3. The number of amides is 1. The Hall–Kier alpha value is -1.94. The van der Waals surface area contributed by atoms with E-state index in [9.17, 15) is 9.59 Å². The minimum atomic E-state index is -0.560. The maximum absolute atomic E-state index is 11.6. The predicted octanol–water partition coefficient (Wildman–Crippen LogP) is 1.18. The van der Waals surface area contributed by atoms with Crippen molar-refractivity contribution in [1.29, 1.82) is 0 Å². The third-order valence-corrected chi connectivity index (χ3v) is 2.41. The van der Waals surface area contributed by atoms with E-state index in [1.54, 1.807) is 12.1 Å². The van der Waals surface area contributed by atoms with E-state index in [-0.39, 0.29) is 0 Å². The Morgan fingerprint density at radius 2 is 2.12 bits per heavy atom. The molecule has 1 aromatic carbocycles. The molecule has 0 fully saturated rings. The lowest BCUT2D eigenvalue weighted by atomic mass is 10.0. The first kappa shape index (κ1) is 10.6. The number of Topliss-reactive ketones (excluding diaryl/α,β-unsaturated/α-hetero) is 1. The maximum atomic E-state index is 11.6. The number of benzene rings is 1. The molecule has 2 rings (SSSR count). The van der Waals surface area contributed by atoms with Gasteiger partial charge in [0.15, 0.2) is 0 Å². The van der Waals surface area contributed by atoms with Gasteiger partial charge in [0.2, 0.25) is 0 Å². The van der Waals surface area contributed by atoms with Crippen LogP contribution in [0.4, 0.5) is 5.69 Å². The number of carbonyl (C=O) groups is 2. The number of nitrogens with two attached hydrogens (primary N) is 1. The second-order valence-electron chi connectivity index (χ2n) is 3.53. The summed E-state index contributed by atoms with van der Waals surface area (Å²) in [4.78, 5) is 22.8. The smallest absolute Gasteiger partial charge is 0.296 e. The van der Waals surface area contributed by atoms with Crippen molar-refractivity contribution in [2.75, 3.05) is 11.9 Å². The predicted molar refractivity (Wildman–Crippen MR) is 62.1 cm³/mol. The highest BCUT2D eigenvalue weighted by Gasteiger charge is 2.29. The lowest BCUT2D eigenvalue weighted by Gasteiger charge is -2.00. The van der Waals surface area contributed by atoms with Crippen LogP contribution in [-0.2, 0) is 4.79 Å². The minimum Gasteiger partial charge on any atom is -0.330 e. The zero-order chi connectivity index (χ0) is 11.5. The standard InChI is InChI=1S/C12H12N2O2/c13-7-2-1-4-8-5-3-6-9-10(8)11(15)12(16)14-9/h1,3-6H,2,7,13H2,(H,14,15,16). The lowest BCUT2D eigenvalue weighted by Crippen LogP contribution is -2.12. The molecular weight excluding hydrogens is 204 g/mol. The Morgan fingerprint density at radius 1 is 1.31 bits per heavy atom. The summed E-state index contributed by atoms with van der Waals surface area (Å²) in [6.45, 7) is 0.566. The second kappa shape index (κ2) is 4.28. The number of ketones is 1. The molecule has 0 aliphatic carbocycles. The van der Waals surface area contributed by atoms with Crippen LogP contribution >= 0.6 is 0 Å². The van der Waals surface area contributed by atoms with Crippen LogP contribution < -0.4 is 11.1 Å². The van der Waals surface area contributed by atoms with Crippen molar-refractivity contribution >= 4 is 23.5 Å². The third kappa shape index (κ3) is 1.75. The fraction of sp³-hybridized carbons (Fsp3) is 0.167. The Balaban J connectivity index is 2.39. The molecule has 0 aromatic heterocycles. The number of anilines is 1. The molecule has 16 heavy (non-hydrogen) atoms. The van der Waals surface area contributed by atoms with Crippen molar-refractivity contribution < 1.29 is 9.59 Å². The molecule has 1 aromatic rings. The molecule has 4 nitrogen and oxygen atoms in total. The van der Waals surface area contributed by atoms with Crippen molar-refractivity contribution in [1.82, 2.24) is 0 Å². The first-order valence-corrected chi connectivity index (χ1v) is 5.09. The topological polar surface area (TPSA) is 72.2 Å². The van der Waals surface area contributed by atoms with Gasteiger partial charge in [0.25, 0.3) is 11.7 Å². The van der Waals surface area contributed by atoms with Crippen LogP contribution in [0.15, 0.2) is 24.3 Å².